The smallest absolute Gasteiger partial charge is 0.352 e. The van der Waals surface area contributed by atoms with E-state index in [1.165, 1.54) is 0 Å². The summed E-state index contributed by atoms with van der Waals surface area (Å²) in [5.41, 5.74) is 1.86. The van der Waals surface area contributed by atoms with Crippen LogP contribution in [0.5, 0.6) is 0 Å². The number of nitrogens with zero attached hydrogens (tertiary/aromatic N) is 2. The molecule has 5 nitrogen and oxygen atoms in total. The van der Waals surface area contributed by atoms with Crippen molar-refractivity contribution in [2.75, 3.05) is 19.6 Å². The molecule has 0 atom stereocenters. The Kier molecular flexibility index (Phi) is 4.92. The van der Waals surface area contributed by atoms with Crippen molar-refractivity contribution in [3.05, 3.63) is 28.3 Å². The Balaban J connectivity index is 2.02. The molecule has 2 rings (SSSR count). The van der Waals surface area contributed by atoms with Crippen LogP contribution in [-0.2, 0) is 6.42 Å². The van der Waals surface area contributed by atoms with Gasteiger partial charge >= 0.3 is 5.97 Å². The van der Waals surface area contributed by atoms with E-state index in [9.17, 15) is 4.79 Å². The van der Waals surface area contributed by atoms with Gasteiger partial charge in [-0.25, -0.2) is 9.78 Å². The van der Waals surface area contributed by atoms with E-state index >= 15 is 0 Å². The number of rotatable bonds is 7. The lowest BCUT2D eigenvalue weighted by atomic mass is 10.2. The molecule has 0 amide bonds. The van der Waals surface area contributed by atoms with Gasteiger partial charge in [0.1, 0.15) is 5.69 Å². The third kappa shape index (κ3) is 3.46. The van der Waals surface area contributed by atoms with Gasteiger partial charge in [-0.3, -0.25) is 0 Å². The molecule has 2 N–H and O–H groups in total. The average Bonchev–Trinajstić information content (AvgIpc) is 3.08. The summed E-state index contributed by atoms with van der Waals surface area (Å²) in [6.45, 7) is 7.42. The second-order valence-corrected chi connectivity index (χ2v) is 5.45. The van der Waals surface area contributed by atoms with Crippen molar-refractivity contribution >= 4 is 17.3 Å². The maximum Gasteiger partial charge on any atom is 0.352 e. The summed E-state index contributed by atoms with van der Waals surface area (Å²) < 4.78 is 0. The third-order valence-electron chi connectivity index (χ3n) is 3.30. The number of carboxylic acids is 1. The van der Waals surface area contributed by atoms with E-state index in [2.05, 4.69) is 28.7 Å². The first-order valence-electron chi connectivity index (χ1n) is 6.72. The molecule has 20 heavy (non-hydrogen) atoms. The highest BCUT2D eigenvalue weighted by atomic mass is 32.1. The molecule has 0 spiro atoms. The fourth-order valence-corrected chi connectivity index (χ4v) is 2.81. The molecule has 0 unspecified atom stereocenters. The second kappa shape index (κ2) is 6.67. The van der Waals surface area contributed by atoms with Gasteiger partial charge in [0, 0.05) is 30.1 Å². The summed E-state index contributed by atoms with van der Waals surface area (Å²) in [5.74, 6) is -0.951. The molecule has 0 bridgehead atoms. The van der Waals surface area contributed by atoms with E-state index in [0.29, 0.717) is 0 Å². The van der Waals surface area contributed by atoms with Crippen LogP contribution >= 0.6 is 11.3 Å². The number of aromatic amines is 1. The van der Waals surface area contributed by atoms with Gasteiger partial charge in [0.15, 0.2) is 0 Å². The van der Waals surface area contributed by atoms with E-state index in [0.717, 1.165) is 42.3 Å². The lowest BCUT2D eigenvalue weighted by Crippen LogP contribution is -2.25. The number of thiazole rings is 1. The van der Waals surface area contributed by atoms with Crippen molar-refractivity contribution in [3.63, 3.8) is 0 Å². The molecule has 0 aliphatic carbocycles. The molecule has 0 fully saturated rings. The Morgan fingerprint density at radius 2 is 2.20 bits per heavy atom. The third-order valence-corrected chi connectivity index (χ3v) is 4.21. The molecule has 2 aromatic rings. The largest absolute Gasteiger partial charge is 0.477 e. The Morgan fingerprint density at radius 3 is 2.80 bits per heavy atom. The van der Waals surface area contributed by atoms with Gasteiger partial charge in [-0.1, -0.05) is 13.8 Å². The van der Waals surface area contributed by atoms with Crippen LogP contribution in [0, 0.1) is 0 Å². The second-order valence-electron chi connectivity index (χ2n) is 4.51. The number of H-pyrrole nitrogens is 1. The number of nitrogens with one attached hydrogen (secondary N) is 1. The summed E-state index contributed by atoms with van der Waals surface area (Å²) in [7, 11) is 0. The standard InChI is InChI=1S/C14H19N3O2S/c1-3-17(4-2)6-5-13-16-12(9-20-13)10-7-11(14(18)19)15-8-10/h7-9,15H,3-6H2,1-2H3,(H,18,19). The molecule has 0 aliphatic heterocycles. The number of likely N-dealkylation sites (N-methyl/N-ethyl adjacent to an activating group) is 1. The van der Waals surface area contributed by atoms with Crippen LogP contribution < -0.4 is 0 Å². The highest BCUT2D eigenvalue weighted by Crippen LogP contribution is 2.23. The molecular formula is C14H19N3O2S. The minimum atomic E-state index is -0.951. The first-order valence-corrected chi connectivity index (χ1v) is 7.60. The Bertz CT molecular complexity index is 572. The molecule has 2 aromatic heterocycles. The maximum atomic E-state index is 10.8. The normalized spacial score (nSPS) is 11.2. The topological polar surface area (TPSA) is 69.2 Å². The first kappa shape index (κ1) is 14.7. The van der Waals surface area contributed by atoms with E-state index in [4.69, 9.17) is 5.11 Å². The van der Waals surface area contributed by atoms with Crippen LogP contribution in [0.15, 0.2) is 17.6 Å². The summed E-state index contributed by atoms with van der Waals surface area (Å²) >= 11 is 1.63. The van der Waals surface area contributed by atoms with Crippen LogP contribution in [0.2, 0.25) is 0 Å². The lowest BCUT2D eigenvalue weighted by Gasteiger charge is -2.16. The maximum absolute atomic E-state index is 10.8. The van der Waals surface area contributed by atoms with E-state index in [1.54, 1.807) is 23.6 Å². The van der Waals surface area contributed by atoms with Crippen LogP contribution in [0.25, 0.3) is 11.3 Å². The Morgan fingerprint density at radius 1 is 1.45 bits per heavy atom. The molecule has 0 saturated carbocycles. The van der Waals surface area contributed by atoms with Crippen LogP contribution in [-0.4, -0.2) is 45.6 Å². The van der Waals surface area contributed by atoms with Crippen LogP contribution in [0.3, 0.4) is 0 Å². The van der Waals surface area contributed by atoms with Gasteiger partial charge in [0.2, 0.25) is 0 Å². The van der Waals surface area contributed by atoms with E-state index in [-0.39, 0.29) is 5.69 Å². The number of aromatic nitrogens is 2. The van der Waals surface area contributed by atoms with Crippen molar-refractivity contribution in [3.8, 4) is 11.3 Å². The number of hydrogen-bond acceptors (Lipinski definition) is 4. The monoisotopic (exact) mass is 293 g/mol. The number of carboxylic acid groups (broad SMARTS) is 1. The Labute approximate surface area is 122 Å². The number of carbonyl (C=O) groups is 1. The van der Waals surface area contributed by atoms with Gasteiger partial charge in [0.25, 0.3) is 0 Å². The average molecular weight is 293 g/mol. The van der Waals surface area contributed by atoms with Gasteiger partial charge < -0.3 is 15.0 Å². The molecule has 0 aliphatic rings. The molecule has 2 heterocycles. The SMILES string of the molecule is CCN(CC)CCc1nc(-c2c[nH]c(C(=O)O)c2)cs1. The minimum absolute atomic E-state index is 0.192. The lowest BCUT2D eigenvalue weighted by molar-refractivity contribution is 0.0691. The zero-order valence-corrected chi connectivity index (χ0v) is 12.5. The quantitative estimate of drug-likeness (QED) is 0.823. The predicted octanol–water partition coefficient (Wildman–Crippen LogP) is 2.72. The van der Waals surface area contributed by atoms with Crippen molar-refractivity contribution in [2.45, 2.75) is 20.3 Å². The van der Waals surface area contributed by atoms with Gasteiger partial charge in [-0.05, 0) is 19.2 Å². The van der Waals surface area contributed by atoms with Crippen LogP contribution in [0.4, 0.5) is 0 Å². The zero-order chi connectivity index (χ0) is 14.5. The predicted molar refractivity (Wildman–Crippen MR) is 80.4 cm³/mol. The molecule has 0 saturated heterocycles. The molecule has 0 aromatic carbocycles. The van der Waals surface area contributed by atoms with Crippen molar-refractivity contribution in [1.29, 1.82) is 0 Å². The van der Waals surface area contributed by atoms with Gasteiger partial charge in [-0.15, -0.1) is 11.3 Å². The molecule has 0 radical (unpaired) electrons. The first-order chi connectivity index (χ1) is 9.63. The highest BCUT2D eigenvalue weighted by molar-refractivity contribution is 7.09. The fourth-order valence-electron chi connectivity index (χ4n) is 2.02. The van der Waals surface area contributed by atoms with E-state index in [1.807, 2.05) is 5.38 Å². The Hall–Kier alpha value is -1.66. The molecule has 108 valence electrons. The summed E-state index contributed by atoms with van der Waals surface area (Å²) in [4.78, 5) is 20.5. The van der Waals surface area contributed by atoms with Gasteiger partial charge in [-0.2, -0.15) is 0 Å². The number of aromatic carboxylic acids is 1. The van der Waals surface area contributed by atoms with Crippen LogP contribution in [0.1, 0.15) is 29.3 Å². The zero-order valence-electron chi connectivity index (χ0n) is 11.7. The van der Waals surface area contributed by atoms with E-state index < -0.39 is 5.97 Å². The molecular weight excluding hydrogens is 274 g/mol. The fraction of sp³-hybridized carbons (Fsp3) is 0.429. The number of hydrogen-bond donors (Lipinski definition) is 2. The highest BCUT2D eigenvalue weighted by Gasteiger charge is 2.10. The minimum Gasteiger partial charge on any atom is -0.477 e. The summed E-state index contributed by atoms with van der Waals surface area (Å²) in [5, 5.41) is 12.0. The van der Waals surface area contributed by atoms with Crippen molar-refractivity contribution < 1.29 is 9.90 Å². The van der Waals surface area contributed by atoms with Crippen molar-refractivity contribution in [2.24, 2.45) is 0 Å². The molecule has 6 heteroatoms. The van der Waals surface area contributed by atoms with Gasteiger partial charge in [0.05, 0.1) is 10.7 Å². The summed E-state index contributed by atoms with van der Waals surface area (Å²) in [6, 6.07) is 1.62. The van der Waals surface area contributed by atoms with Crippen molar-refractivity contribution in [1.82, 2.24) is 14.9 Å². The summed E-state index contributed by atoms with van der Waals surface area (Å²) in [6.07, 6.45) is 2.62.